The molecule has 1 saturated heterocycles. The molecule has 0 radical (unpaired) electrons. The summed E-state index contributed by atoms with van der Waals surface area (Å²) in [6, 6.07) is 5.20. The molecule has 0 saturated carbocycles. The van der Waals surface area contributed by atoms with Crippen molar-refractivity contribution in [1.29, 1.82) is 0 Å². The van der Waals surface area contributed by atoms with Crippen molar-refractivity contribution in [3.05, 3.63) is 23.8 Å². The van der Waals surface area contributed by atoms with E-state index in [1.807, 2.05) is 11.0 Å². The van der Waals surface area contributed by atoms with Crippen molar-refractivity contribution < 1.29 is 15.3 Å². The molecule has 1 aliphatic heterocycles. The van der Waals surface area contributed by atoms with E-state index in [1.165, 1.54) is 0 Å². The van der Waals surface area contributed by atoms with Gasteiger partial charge < -0.3 is 20.2 Å². The van der Waals surface area contributed by atoms with Crippen molar-refractivity contribution in [3.8, 4) is 5.75 Å². The number of benzene rings is 1. The number of aromatic hydroxyl groups is 1. The van der Waals surface area contributed by atoms with E-state index >= 15 is 0 Å². The van der Waals surface area contributed by atoms with Gasteiger partial charge >= 0.3 is 0 Å². The molecule has 0 aliphatic carbocycles. The Kier molecular flexibility index (Phi) is 3.31. The molecule has 1 aromatic carbocycles. The first-order valence-corrected chi connectivity index (χ1v) is 5.59. The van der Waals surface area contributed by atoms with Crippen LogP contribution in [0.4, 0.5) is 5.69 Å². The van der Waals surface area contributed by atoms with Crippen LogP contribution in [-0.4, -0.2) is 34.7 Å². The molecule has 88 valence electrons. The van der Waals surface area contributed by atoms with Crippen LogP contribution in [0, 0.1) is 0 Å². The molecule has 1 atom stereocenters. The van der Waals surface area contributed by atoms with Crippen LogP contribution in [0.15, 0.2) is 18.2 Å². The molecule has 0 aromatic heterocycles. The molecular weight excluding hydrogens is 206 g/mol. The van der Waals surface area contributed by atoms with Gasteiger partial charge in [0.1, 0.15) is 12.0 Å². The summed E-state index contributed by atoms with van der Waals surface area (Å²) >= 11 is 0. The maximum atomic E-state index is 9.75. The summed E-state index contributed by atoms with van der Waals surface area (Å²) in [5, 5.41) is 28.2. The second-order valence-corrected chi connectivity index (χ2v) is 4.15. The number of phenols is 1. The number of phenolic OH excluding ortho intramolecular Hbond substituents is 1. The molecule has 1 heterocycles. The lowest BCUT2D eigenvalue weighted by Gasteiger charge is -2.23. The number of hydrogen-bond acceptors (Lipinski definition) is 4. The molecular formula is C12H17NO3. The zero-order chi connectivity index (χ0) is 11.5. The van der Waals surface area contributed by atoms with Gasteiger partial charge in [0.15, 0.2) is 0 Å². The Bertz CT molecular complexity index is 367. The van der Waals surface area contributed by atoms with Gasteiger partial charge in [0.25, 0.3) is 0 Å². The van der Waals surface area contributed by atoms with Gasteiger partial charge in [-0.05, 0) is 37.0 Å². The Hall–Kier alpha value is -1.26. The first-order valence-electron chi connectivity index (χ1n) is 5.59. The SMILES string of the molecule is OCCc1cc(O)cc(N2CCCC2O)c1. The summed E-state index contributed by atoms with van der Waals surface area (Å²) in [5.74, 6) is 0.181. The van der Waals surface area contributed by atoms with Crippen molar-refractivity contribution >= 4 is 5.69 Å². The summed E-state index contributed by atoms with van der Waals surface area (Å²) in [6.45, 7) is 0.870. The zero-order valence-electron chi connectivity index (χ0n) is 9.13. The molecule has 2 rings (SSSR count). The highest BCUT2D eigenvalue weighted by Crippen LogP contribution is 2.28. The highest BCUT2D eigenvalue weighted by atomic mass is 16.3. The second-order valence-electron chi connectivity index (χ2n) is 4.15. The van der Waals surface area contributed by atoms with Crippen LogP contribution < -0.4 is 4.90 Å². The minimum Gasteiger partial charge on any atom is -0.508 e. The standard InChI is InChI=1S/C12H17NO3/c14-5-3-9-6-10(8-11(15)7-9)13-4-1-2-12(13)16/h6-8,12,14-16H,1-5H2. The maximum absolute atomic E-state index is 9.75. The van der Waals surface area contributed by atoms with Gasteiger partial charge in [0.05, 0.1) is 0 Å². The molecule has 0 spiro atoms. The lowest BCUT2D eigenvalue weighted by atomic mass is 10.1. The van der Waals surface area contributed by atoms with Crippen molar-refractivity contribution in [3.63, 3.8) is 0 Å². The monoisotopic (exact) mass is 223 g/mol. The molecule has 16 heavy (non-hydrogen) atoms. The highest BCUT2D eigenvalue weighted by Gasteiger charge is 2.22. The number of aliphatic hydroxyl groups is 2. The van der Waals surface area contributed by atoms with E-state index in [1.54, 1.807) is 12.1 Å². The van der Waals surface area contributed by atoms with Gasteiger partial charge in [-0.3, -0.25) is 0 Å². The fourth-order valence-electron chi connectivity index (χ4n) is 2.15. The smallest absolute Gasteiger partial charge is 0.126 e. The minimum absolute atomic E-state index is 0.0610. The average molecular weight is 223 g/mol. The van der Waals surface area contributed by atoms with E-state index in [-0.39, 0.29) is 12.4 Å². The molecule has 0 bridgehead atoms. The quantitative estimate of drug-likeness (QED) is 0.710. The largest absolute Gasteiger partial charge is 0.508 e. The van der Waals surface area contributed by atoms with Gasteiger partial charge in [0.2, 0.25) is 0 Å². The van der Waals surface area contributed by atoms with E-state index in [0.29, 0.717) is 6.42 Å². The normalized spacial score (nSPS) is 20.4. The topological polar surface area (TPSA) is 63.9 Å². The summed E-state index contributed by atoms with van der Waals surface area (Å²) in [4.78, 5) is 1.88. The minimum atomic E-state index is -0.455. The van der Waals surface area contributed by atoms with Crippen LogP contribution >= 0.6 is 0 Å². The molecule has 1 unspecified atom stereocenters. The van der Waals surface area contributed by atoms with Crippen LogP contribution in [0.2, 0.25) is 0 Å². The summed E-state index contributed by atoms with van der Waals surface area (Å²) < 4.78 is 0. The van der Waals surface area contributed by atoms with Crippen molar-refractivity contribution in [2.75, 3.05) is 18.1 Å². The number of hydrogen-bond donors (Lipinski definition) is 3. The molecule has 1 fully saturated rings. The van der Waals surface area contributed by atoms with Gasteiger partial charge in [-0.1, -0.05) is 0 Å². The van der Waals surface area contributed by atoms with E-state index < -0.39 is 6.23 Å². The fourth-order valence-corrected chi connectivity index (χ4v) is 2.15. The third-order valence-corrected chi connectivity index (χ3v) is 2.92. The molecule has 3 N–H and O–H groups in total. The summed E-state index contributed by atoms with van der Waals surface area (Å²) in [7, 11) is 0. The molecule has 4 heteroatoms. The summed E-state index contributed by atoms with van der Waals surface area (Å²) in [6.07, 6.45) is 1.80. The predicted octanol–water partition coefficient (Wildman–Crippen LogP) is 0.846. The Morgan fingerprint density at radius 1 is 1.31 bits per heavy atom. The van der Waals surface area contributed by atoms with E-state index in [2.05, 4.69) is 0 Å². The van der Waals surface area contributed by atoms with E-state index in [4.69, 9.17) is 5.11 Å². The Labute approximate surface area is 94.8 Å². The number of nitrogens with zero attached hydrogens (tertiary/aromatic N) is 1. The Balaban J connectivity index is 2.25. The average Bonchev–Trinajstić information content (AvgIpc) is 2.64. The molecule has 1 aliphatic rings. The number of aliphatic hydroxyl groups excluding tert-OH is 2. The van der Waals surface area contributed by atoms with Crippen LogP contribution in [0.5, 0.6) is 5.75 Å². The molecule has 4 nitrogen and oxygen atoms in total. The molecule has 1 aromatic rings. The fraction of sp³-hybridized carbons (Fsp3) is 0.500. The number of anilines is 1. The first-order chi connectivity index (χ1) is 7.70. The Morgan fingerprint density at radius 3 is 2.75 bits per heavy atom. The zero-order valence-corrected chi connectivity index (χ0v) is 9.13. The van der Waals surface area contributed by atoms with Crippen LogP contribution in [0.25, 0.3) is 0 Å². The van der Waals surface area contributed by atoms with Crippen molar-refractivity contribution in [1.82, 2.24) is 0 Å². The van der Waals surface area contributed by atoms with E-state index in [0.717, 1.165) is 30.6 Å². The third-order valence-electron chi connectivity index (χ3n) is 2.92. The lowest BCUT2D eigenvalue weighted by molar-refractivity contribution is 0.185. The van der Waals surface area contributed by atoms with Crippen LogP contribution in [-0.2, 0) is 6.42 Å². The Morgan fingerprint density at radius 2 is 2.12 bits per heavy atom. The van der Waals surface area contributed by atoms with Gasteiger partial charge in [-0.15, -0.1) is 0 Å². The van der Waals surface area contributed by atoms with Crippen molar-refractivity contribution in [2.45, 2.75) is 25.5 Å². The van der Waals surface area contributed by atoms with Gasteiger partial charge in [0, 0.05) is 24.9 Å². The van der Waals surface area contributed by atoms with Gasteiger partial charge in [-0.25, -0.2) is 0 Å². The van der Waals surface area contributed by atoms with Crippen LogP contribution in [0.3, 0.4) is 0 Å². The third kappa shape index (κ3) is 2.28. The summed E-state index contributed by atoms with van der Waals surface area (Å²) in [5.41, 5.74) is 1.71. The predicted molar refractivity (Wildman–Crippen MR) is 61.5 cm³/mol. The second kappa shape index (κ2) is 4.72. The highest BCUT2D eigenvalue weighted by molar-refractivity contribution is 5.54. The van der Waals surface area contributed by atoms with Crippen LogP contribution in [0.1, 0.15) is 18.4 Å². The lowest BCUT2D eigenvalue weighted by Crippen LogP contribution is -2.28. The van der Waals surface area contributed by atoms with Gasteiger partial charge in [-0.2, -0.15) is 0 Å². The maximum Gasteiger partial charge on any atom is 0.126 e. The first kappa shape index (κ1) is 11.2. The number of rotatable bonds is 3. The molecule has 0 amide bonds. The van der Waals surface area contributed by atoms with E-state index in [9.17, 15) is 10.2 Å². The van der Waals surface area contributed by atoms with Crippen molar-refractivity contribution in [2.24, 2.45) is 0 Å².